The Bertz CT molecular complexity index is 1390. The van der Waals surface area contributed by atoms with Crippen LogP contribution in [0.1, 0.15) is 206 Å². The molecule has 0 amide bonds. The monoisotopic (exact) mass is 957 g/mol. The predicted octanol–water partition coefficient (Wildman–Crippen LogP) is 16.9. The normalized spacial score (nSPS) is 14.3. The molecule has 9 heteroatoms. The number of carbonyl (C=O) groups is 1. The SMILES string of the molecule is CC/C=C\C/C=C\C/C=C\C/C=C\C/C=C\CCCCCCCCCCOCC(COP(=O)(O)OCC[N+](C)(C)C)OC(=O)CCCCCCCC/C=C\C/C=C\C/C=C\CCCCCCC. The zero-order valence-electron chi connectivity index (χ0n) is 43.9. The Kier molecular flexibility index (Phi) is 47.9. The number of likely N-dealkylation sites (N-methyl/N-ethyl adjacent to an activating group) is 1. The number of carbonyl (C=O) groups excluding carboxylic acids is 1. The molecule has 0 aliphatic heterocycles. The van der Waals surface area contributed by atoms with Gasteiger partial charge >= 0.3 is 13.8 Å². The lowest BCUT2D eigenvalue weighted by Crippen LogP contribution is -2.37. The van der Waals surface area contributed by atoms with E-state index in [2.05, 4.69) is 111 Å². The van der Waals surface area contributed by atoms with Crippen molar-refractivity contribution in [2.45, 2.75) is 213 Å². The van der Waals surface area contributed by atoms with Gasteiger partial charge < -0.3 is 18.9 Å². The smallest absolute Gasteiger partial charge is 0.457 e. The van der Waals surface area contributed by atoms with E-state index in [9.17, 15) is 14.3 Å². The van der Waals surface area contributed by atoms with Gasteiger partial charge in [-0.25, -0.2) is 4.57 Å². The molecule has 2 unspecified atom stereocenters. The molecule has 0 radical (unpaired) electrons. The Morgan fingerprint density at radius 2 is 0.866 bits per heavy atom. The third kappa shape index (κ3) is 54.2. The van der Waals surface area contributed by atoms with Crippen LogP contribution in [0.25, 0.3) is 0 Å². The third-order valence-electron chi connectivity index (χ3n) is 11.1. The summed E-state index contributed by atoms with van der Waals surface area (Å²) in [5.41, 5.74) is 0. The first-order valence-electron chi connectivity index (χ1n) is 27.0. The fourth-order valence-corrected chi connectivity index (χ4v) is 7.74. The Morgan fingerprint density at radius 3 is 1.30 bits per heavy atom. The molecular weight excluding hydrogens is 854 g/mol. The van der Waals surface area contributed by atoms with Gasteiger partial charge in [-0.3, -0.25) is 13.8 Å². The summed E-state index contributed by atoms with van der Waals surface area (Å²) in [5.74, 6) is -0.332. The van der Waals surface area contributed by atoms with Crippen molar-refractivity contribution < 1.29 is 37.3 Å². The van der Waals surface area contributed by atoms with Crippen molar-refractivity contribution in [3.63, 3.8) is 0 Å². The number of rotatable bonds is 49. The first-order valence-corrected chi connectivity index (χ1v) is 28.5. The number of esters is 1. The second kappa shape index (κ2) is 49.8. The first kappa shape index (κ1) is 64.4. The Morgan fingerprint density at radius 1 is 0.478 bits per heavy atom. The number of unbranched alkanes of at least 4 members (excludes halogenated alkanes) is 19. The maximum Gasteiger partial charge on any atom is 0.472 e. The average molecular weight is 957 g/mol. The zero-order valence-corrected chi connectivity index (χ0v) is 44.7. The molecule has 2 atom stereocenters. The molecule has 0 saturated heterocycles. The van der Waals surface area contributed by atoms with E-state index in [0.29, 0.717) is 24.1 Å². The van der Waals surface area contributed by atoms with Crippen LogP contribution >= 0.6 is 7.82 Å². The summed E-state index contributed by atoms with van der Waals surface area (Å²) in [6, 6.07) is 0. The van der Waals surface area contributed by atoms with Crippen LogP contribution in [0, 0.1) is 0 Å². The molecule has 67 heavy (non-hydrogen) atoms. The predicted molar refractivity (Wildman–Crippen MR) is 288 cm³/mol. The van der Waals surface area contributed by atoms with E-state index in [-0.39, 0.29) is 25.8 Å². The number of allylic oxidation sites excluding steroid dienone is 16. The summed E-state index contributed by atoms with van der Waals surface area (Å²) in [6.07, 6.45) is 68.8. The standard InChI is InChI=1S/C58H102NO7P/c1-6-8-10-12-14-16-18-20-22-24-26-28-29-30-32-34-36-38-40-42-44-46-48-50-53-63-55-57(56-65-67(61,62)64-54-52-59(3,4)5)66-58(60)51-49-47-45-43-41-39-37-35-33-31-27-25-23-21-19-17-15-13-11-9-7-2/h8,10,14,16,19-22,25-28,30,32-33,35,57H,6-7,9,11-13,15,17-18,23-24,29,31,34,36-56H2,1-5H3/p+1/b10-8-,16-14-,21-19-,22-20-,27-25-,28-26-,32-30-,35-33-. The number of phosphoric ester groups is 1. The third-order valence-corrected chi connectivity index (χ3v) is 12.1. The van der Waals surface area contributed by atoms with Crippen LogP contribution in [0.15, 0.2) is 97.2 Å². The number of hydrogen-bond donors (Lipinski definition) is 1. The van der Waals surface area contributed by atoms with Gasteiger partial charge in [0.25, 0.3) is 0 Å². The Labute approximate surface area is 413 Å². The summed E-state index contributed by atoms with van der Waals surface area (Å²) in [5, 5.41) is 0. The van der Waals surface area contributed by atoms with E-state index in [4.69, 9.17) is 18.5 Å². The van der Waals surface area contributed by atoms with Gasteiger partial charge in [-0.15, -0.1) is 0 Å². The molecule has 1 N–H and O–H groups in total. The molecule has 0 heterocycles. The maximum absolute atomic E-state index is 12.8. The largest absolute Gasteiger partial charge is 0.472 e. The highest BCUT2D eigenvalue weighted by molar-refractivity contribution is 7.47. The van der Waals surface area contributed by atoms with E-state index in [0.717, 1.165) is 96.3 Å². The molecule has 386 valence electrons. The lowest BCUT2D eigenvalue weighted by atomic mass is 10.1. The summed E-state index contributed by atoms with van der Waals surface area (Å²) in [4.78, 5) is 23.0. The van der Waals surface area contributed by atoms with Gasteiger partial charge in [0.1, 0.15) is 19.3 Å². The van der Waals surface area contributed by atoms with E-state index >= 15 is 0 Å². The summed E-state index contributed by atoms with van der Waals surface area (Å²) in [6.45, 7) is 5.45. The minimum Gasteiger partial charge on any atom is -0.457 e. The van der Waals surface area contributed by atoms with Gasteiger partial charge in [-0.1, -0.05) is 201 Å². The van der Waals surface area contributed by atoms with Crippen LogP contribution in [0.5, 0.6) is 0 Å². The van der Waals surface area contributed by atoms with Gasteiger partial charge in [0.15, 0.2) is 0 Å². The van der Waals surface area contributed by atoms with Crippen molar-refractivity contribution in [2.24, 2.45) is 0 Å². The molecule has 8 nitrogen and oxygen atoms in total. The van der Waals surface area contributed by atoms with Crippen molar-refractivity contribution in [3.8, 4) is 0 Å². The molecule has 0 aliphatic rings. The maximum atomic E-state index is 12.8. The van der Waals surface area contributed by atoms with E-state index in [1.165, 1.54) is 89.9 Å². The minimum absolute atomic E-state index is 0.0787. The number of phosphoric acid groups is 1. The van der Waals surface area contributed by atoms with Crippen molar-refractivity contribution >= 4 is 13.8 Å². The molecule has 0 aliphatic carbocycles. The zero-order chi connectivity index (χ0) is 49.0. The topological polar surface area (TPSA) is 91.3 Å². The van der Waals surface area contributed by atoms with Gasteiger partial charge in [0.2, 0.25) is 0 Å². The highest BCUT2D eigenvalue weighted by Crippen LogP contribution is 2.43. The molecule has 0 fully saturated rings. The second-order valence-electron chi connectivity index (χ2n) is 18.9. The quantitative estimate of drug-likeness (QED) is 0.0213. The van der Waals surface area contributed by atoms with Gasteiger partial charge in [0.05, 0.1) is 34.4 Å². The lowest BCUT2D eigenvalue weighted by Gasteiger charge is -2.24. The van der Waals surface area contributed by atoms with Crippen molar-refractivity contribution in [2.75, 3.05) is 54.1 Å². The fourth-order valence-electron chi connectivity index (χ4n) is 7.00. The molecule has 0 aromatic carbocycles. The molecule has 0 spiro atoms. The number of quaternary nitrogens is 1. The number of nitrogens with zero attached hydrogens (tertiary/aromatic N) is 1. The van der Waals surface area contributed by atoms with Crippen molar-refractivity contribution in [1.82, 2.24) is 0 Å². The van der Waals surface area contributed by atoms with Crippen LogP contribution in [0.3, 0.4) is 0 Å². The van der Waals surface area contributed by atoms with Gasteiger partial charge in [-0.2, -0.15) is 0 Å². The summed E-state index contributed by atoms with van der Waals surface area (Å²) in [7, 11) is 1.64. The molecule has 0 saturated carbocycles. The van der Waals surface area contributed by atoms with E-state index in [1.54, 1.807) is 0 Å². The van der Waals surface area contributed by atoms with Crippen LogP contribution in [0.4, 0.5) is 0 Å². The van der Waals surface area contributed by atoms with Crippen LogP contribution in [-0.2, 0) is 27.9 Å². The van der Waals surface area contributed by atoms with E-state index in [1.807, 2.05) is 21.1 Å². The highest BCUT2D eigenvalue weighted by atomic mass is 31.2. The summed E-state index contributed by atoms with van der Waals surface area (Å²) >= 11 is 0. The second-order valence-corrected chi connectivity index (χ2v) is 20.3. The number of hydrogen-bond acceptors (Lipinski definition) is 6. The fraction of sp³-hybridized carbons (Fsp3) is 0.707. The lowest BCUT2D eigenvalue weighted by molar-refractivity contribution is -0.870. The van der Waals surface area contributed by atoms with Crippen LogP contribution in [-0.4, -0.2) is 75.6 Å². The first-order chi connectivity index (χ1) is 32.6. The molecule has 0 bridgehead atoms. The van der Waals surface area contributed by atoms with E-state index < -0.39 is 13.9 Å². The molecular formula is C58H103NO7P+. The van der Waals surface area contributed by atoms with Gasteiger partial charge in [0, 0.05) is 13.0 Å². The number of ether oxygens (including phenoxy) is 2. The Balaban J connectivity index is 4.20. The average Bonchev–Trinajstić information content (AvgIpc) is 3.29. The van der Waals surface area contributed by atoms with Gasteiger partial charge in [-0.05, 0) is 96.3 Å². The van der Waals surface area contributed by atoms with Crippen molar-refractivity contribution in [3.05, 3.63) is 97.2 Å². The van der Waals surface area contributed by atoms with Crippen LogP contribution < -0.4 is 0 Å². The highest BCUT2D eigenvalue weighted by Gasteiger charge is 2.26. The summed E-state index contributed by atoms with van der Waals surface area (Å²) < 4.78 is 35.2. The minimum atomic E-state index is -4.30. The molecule has 0 rings (SSSR count). The molecule has 0 aromatic heterocycles. The van der Waals surface area contributed by atoms with Crippen LogP contribution in [0.2, 0.25) is 0 Å². The molecule has 0 aromatic rings. The Hall–Kier alpha value is -2.58. The van der Waals surface area contributed by atoms with Crippen molar-refractivity contribution in [1.29, 1.82) is 0 Å².